The van der Waals surface area contributed by atoms with Gasteiger partial charge in [-0.2, -0.15) is 8.78 Å². The standard InChI is InChI=1S/C10H13F2NO2S/c1-2-7-13-8-5-3-4-6-9(8)16(14,15)10(11)12/h3-6,10,13H,2,7H2,1H3. The smallest absolute Gasteiger partial charge is 0.341 e. The Hall–Kier alpha value is -1.17. The van der Waals surface area contributed by atoms with Gasteiger partial charge in [0.1, 0.15) is 0 Å². The Labute approximate surface area is 93.4 Å². The maximum Gasteiger partial charge on any atom is 0.341 e. The molecule has 0 unspecified atom stereocenters. The quantitative estimate of drug-likeness (QED) is 0.872. The first-order valence-electron chi connectivity index (χ1n) is 4.85. The fraction of sp³-hybridized carbons (Fsp3) is 0.400. The molecule has 3 nitrogen and oxygen atoms in total. The van der Waals surface area contributed by atoms with Crippen molar-refractivity contribution in [2.45, 2.75) is 24.0 Å². The van der Waals surface area contributed by atoms with Crippen LogP contribution in [0.25, 0.3) is 0 Å². The van der Waals surface area contributed by atoms with Gasteiger partial charge >= 0.3 is 5.76 Å². The van der Waals surface area contributed by atoms with Gasteiger partial charge < -0.3 is 5.32 Å². The second kappa shape index (κ2) is 5.25. The minimum absolute atomic E-state index is 0.227. The predicted molar refractivity (Wildman–Crippen MR) is 58.4 cm³/mol. The molecule has 1 N–H and O–H groups in total. The average molecular weight is 249 g/mol. The molecule has 1 aromatic carbocycles. The molecule has 0 aliphatic rings. The number of rotatable bonds is 5. The van der Waals surface area contributed by atoms with Crippen LogP contribution in [0, 0.1) is 0 Å². The largest absolute Gasteiger partial charge is 0.384 e. The van der Waals surface area contributed by atoms with Gasteiger partial charge in [-0.3, -0.25) is 0 Å². The zero-order valence-corrected chi connectivity index (χ0v) is 9.60. The average Bonchev–Trinajstić information content (AvgIpc) is 2.26. The van der Waals surface area contributed by atoms with Crippen LogP contribution in [0.15, 0.2) is 29.2 Å². The molecule has 0 radical (unpaired) electrons. The lowest BCUT2D eigenvalue weighted by Crippen LogP contribution is -2.14. The lowest BCUT2D eigenvalue weighted by molar-refractivity contribution is 0.235. The summed E-state index contributed by atoms with van der Waals surface area (Å²) in [6.07, 6.45) is 0.781. The molecule has 0 aliphatic carbocycles. The van der Waals surface area contributed by atoms with Crippen molar-refractivity contribution >= 4 is 15.5 Å². The van der Waals surface area contributed by atoms with Crippen molar-refractivity contribution in [3.63, 3.8) is 0 Å². The topological polar surface area (TPSA) is 46.2 Å². The van der Waals surface area contributed by atoms with Crippen molar-refractivity contribution in [2.24, 2.45) is 0 Å². The third-order valence-electron chi connectivity index (χ3n) is 1.99. The minimum Gasteiger partial charge on any atom is -0.384 e. The molecular formula is C10H13F2NO2S. The maximum absolute atomic E-state index is 12.4. The summed E-state index contributed by atoms with van der Waals surface area (Å²) in [5.74, 6) is -3.39. The van der Waals surface area contributed by atoms with Gasteiger partial charge in [-0.05, 0) is 18.6 Å². The number of para-hydroxylation sites is 1. The van der Waals surface area contributed by atoms with Gasteiger partial charge in [0.2, 0.25) is 9.84 Å². The highest BCUT2D eigenvalue weighted by atomic mass is 32.2. The lowest BCUT2D eigenvalue weighted by atomic mass is 10.3. The number of hydrogen-bond donors (Lipinski definition) is 1. The zero-order chi connectivity index (χ0) is 12.2. The van der Waals surface area contributed by atoms with Crippen LogP contribution >= 0.6 is 0 Å². The van der Waals surface area contributed by atoms with Crippen LogP contribution < -0.4 is 5.32 Å². The van der Waals surface area contributed by atoms with E-state index in [0.29, 0.717) is 6.54 Å². The third kappa shape index (κ3) is 2.69. The fourth-order valence-corrected chi connectivity index (χ4v) is 2.12. The first-order valence-corrected chi connectivity index (χ1v) is 6.39. The van der Waals surface area contributed by atoms with Gasteiger partial charge in [-0.1, -0.05) is 19.1 Å². The molecule has 0 saturated carbocycles. The van der Waals surface area contributed by atoms with Crippen molar-refractivity contribution in [3.05, 3.63) is 24.3 Å². The highest BCUT2D eigenvalue weighted by Crippen LogP contribution is 2.25. The van der Waals surface area contributed by atoms with E-state index in [2.05, 4.69) is 5.32 Å². The van der Waals surface area contributed by atoms with E-state index < -0.39 is 15.6 Å². The second-order valence-corrected chi connectivity index (χ2v) is 5.11. The summed E-state index contributed by atoms with van der Waals surface area (Å²) in [4.78, 5) is -0.349. The fourth-order valence-electron chi connectivity index (χ4n) is 1.22. The molecule has 0 bridgehead atoms. The van der Waals surface area contributed by atoms with Crippen molar-refractivity contribution < 1.29 is 17.2 Å². The van der Waals surface area contributed by atoms with Gasteiger partial charge in [0.05, 0.1) is 10.6 Å². The Balaban J connectivity index is 3.13. The number of hydrogen-bond acceptors (Lipinski definition) is 3. The van der Waals surface area contributed by atoms with Crippen LogP contribution in [0.4, 0.5) is 14.5 Å². The molecule has 6 heteroatoms. The molecule has 1 aromatic rings. The molecule has 0 atom stereocenters. The zero-order valence-electron chi connectivity index (χ0n) is 8.78. The van der Waals surface area contributed by atoms with E-state index in [-0.39, 0.29) is 10.6 Å². The van der Waals surface area contributed by atoms with E-state index in [9.17, 15) is 17.2 Å². The molecule has 16 heavy (non-hydrogen) atoms. The molecule has 90 valence electrons. The monoisotopic (exact) mass is 249 g/mol. The molecule has 0 saturated heterocycles. The number of halogens is 2. The van der Waals surface area contributed by atoms with E-state index in [0.717, 1.165) is 6.42 Å². The Kier molecular flexibility index (Phi) is 4.23. The first kappa shape index (κ1) is 12.9. The van der Waals surface area contributed by atoms with E-state index in [4.69, 9.17) is 0 Å². The number of alkyl halides is 2. The summed E-state index contributed by atoms with van der Waals surface area (Å²) in [7, 11) is -4.53. The highest BCUT2D eigenvalue weighted by molar-refractivity contribution is 7.91. The molecule has 0 aromatic heterocycles. The van der Waals surface area contributed by atoms with Gasteiger partial charge in [0, 0.05) is 6.54 Å². The second-order valence-electron chi connectivity index (χ2n) is 3.23. The van der Waals surface area contributed by atoms with Crippen LogP contribution in [0.2, 0.25) is 0 Å². The molecular weight excluding hydrogens is 236 g/mol. The molecule has 0 aliphatic heterocycles. The Morgan fingerprint density at radius 3 is 2.50 bits per heavy atom. The van der Waals surface area contributed by atoms with E-state index in [1.54, 1.807) is 6.07 Å². The summed E-state index contributed by atoms with van der Waals surface area (Å²) < 4.78 is 47.4. The van der Waals surface area contributed by atoms with Crippen molar-refractivity contribution in [1.29, 1.82) is 0 Å². The Bertz CT molecular complexity index is 446. The van der Waals surface area contributed by atoms with Gasteiger partial charge in [-0.15, -0.1) is 0 Å². The number of nitrogens with one attached hydrogen (secondary N) is 1. The summed E-state index contributed by atoms with van der Waals surface area (Å²) in [5.41, 5.74) is 0.227. The lowest BCUT2D eigenvalue weighted by Gasteiger charge is -2.11. The Morgan fingerprint density at radius 2 is 1.94 bits per heavy atom. The normalized spacial score (nSPS) is 11.8. The van der Waals surface area contributed by atoms with Gasteiger partial charge in [0.25, 0.3) is 0 Å². The number of sulfone groups is 1. The van der Waals surface area contributed by atoms with Crippen molar-refractivity contribution in [3.8, 4) is 0 Å². The van der Waals surface area contributed by atoms with Crippen molar-refractivity contribution in [2.75, 3.05) is 11.9 Å². The molecule has 0 amide bonds. The molecule has 0 spiro atoms. The third-order valence-corrected chi connectivity index (χ3v) is 3.43. The minimum atomic E-state index is -4.53. The highest BCUT2D eigenvalue weighted by Gasteiger charge is 2.28. The summed E-state index contributed by atoms with van der Waals surface area (Å²) in [5, 5.41) is 2.81. The van der Waals surface area contributed by atoms with E-state index in [1.165, 1.54) is 18.2 Å². The summed E-state index contributed by atoms with van der Waals surface area (Å²) in [6.45, 7) is 2.44. The van der Waals surface area contributed by atoms with Crippen LogP contribution in [-0.4, -0.2) is 20.7 Å². The SMILES string of the molecule is CCCNc1ccccc1S(=O)(=O)C(F)F. The van der Waals surface area contributed by atoms with E-state index >= 15 is 0 Å². The van der Waals surface area contributed by atoms with Gasteiger partial charge in [-0.25, -0.2) is 8.42 Å². The van der Waals surface area contributed by atoms with Gasteiger partial charge in [0.15, 0.2) is 0 Å². The number of benzene rings is 1. The summed E-state index contributed by atoms with van der Waals surface area (Å²) in [6, 6.07) is 5.68. The molecule has 1 rings (SSSR count). The maximum atomic E-state index is 12.4. The summed E-state index contributed by atoms with van der Waals surface area (Å²) >= 11 is 0. The first-order chi connectivity index (χ1) is 7.50. The predicted octanol–water partition coefficient (Wildman–Crippen LogP) is 2.50. The van der Waals surface area contributed by atoms with Crippen molar-refractivity contribution in [1.82, 2.24) is 0 Å². The van der Waals surface area contributed by atoms with Crippen LogP contribution in [0.3, 0.4) is 0 Å². The van der Waals surface area contributed by atoms with Crippen LogP contribution in [-0.2, 0) is 9.84 Å². The van der Waals surface area contributed by atoms with Crippen LogP contribution in [0.5, 0.6) is 0 Å². The molecule has 0 heterocycles. The van der Waals surface area contributed by atoms with Crippen LogP contribution in [0.1, 0.15) is 13.3 Å². The van der Waals surface area contributed by atoms with E-state index in [1.807, 2.05) is 6.92 Å². The molecule has 0 fully saturated rings. The number of anilines is 1. The Morgan fingerprint density at radius 1 is 1.31 bits per heavy atom.